The average Bonchev–Trinajstić information content (AvgIpc) is 2.21. The van der Waals surface area contributed by atoms with E-state index in [0.717, 1.165) is 5.56 Å². The van der Waals surface area contributed by atoms with Crippen LogP contribution >= 0.6 is 24.0 Å². The second-order valence-corrected chi connectivity index (χ2v) is 5.35. The van der Waals surface area contributed by atoms with Crippen LogP contribution in [0.25, 0.3) is 0 Å². The molecule has 7 heteroatoms. The number of benzene rings is 1. The van der Waals surface area contributed by atoms with Crippen LogP contribution in [0.4, 0.5) is 5.69 Å². The molecule has 0 radical (unpaired) electrons. The zero-order valence-corrected chi connectivity index (χ0v) is 11.4. The van der Waals surface area contributed by atoms with Crippen LogP contribution < -0.4 is 5.30 Å². The second kappa shape index (κ2) is 5.57. The third-order valence-corrected chi connectivity index (χ3v) is 4.21. The summed E-state index contributed by atoms with van der Waals surface area (Å²) in [5, 5.41) is 11.0. The van der Waals surface area contributed by atoms with Gasteiger partial charge in [-0.2, -0.15) is 0 Å². The Hall–Kier alpha value is -0.710. The van der Waals surface area contributed by atoms with Crippen molar-refractivity contribution in [2.24, 2.45) is 0 Å². The number of nitrogens with zero attached hydrogens (tertiary/aromatic N) is 1. The maximum Gasteiger partial charge on any atom is 0.282 e. The van der Waals surface area contributed by atoms with Gasteiger partial charge in [0.2, 0.25) is 8.03 Å². The molecule has 0 saturated heterocycles. The van der Waals surface area contributed by atoms with E-state index in [4.69, 9.17) is 4.52 Å². The first-order valence-electron chi connectivity index (χ1n) is 4.59. The number of nitro groups is 1. The van der Waals surface area contributed by atoms with Crippen LogP contribution in [-0.2, 0) is 9.09 Å². The number of nitro benzene ring substituents is 1. The van der Waals surface area contributed by atoms with Gasteiger partial charge in [-0.1, -0.05) is 15.9 Å². The summed E-state index contributed by atoms with van der Waals surface area (Å²) >= 11 is 3.25. The molecule has 0 saturated carbocycles. The van der Waals surface area contributed by atoms with E-state index >= 15 is 0 Å². The van der Waals surface area contributed by atoms with Crippen molar-refractivity contribution in [2.45, 2.75) is 13.8 Å². The van der Waals surface area contributed by atoms with Crippen molar-refractivity contribution in [3.05, 3.63) is 32.3 Å². The normalized spacial score (nSPS) is 12.4. The van der Waals surface area contributed by atoms with Gasteiger partial charge in [-0.3, -0.25) is 14.7 Å². The molecule has 16 heavy (non-hydrogen) atoms. The molecule has 0 fully saturated rings. The summed E-state index contributed by atoms with van der Waals surface area (Å²) in [4.78, 5) is 10.3. The van der Waals surface area contributed by atoms with Crippen molar-refractivity contribution in [1.82, 2.24) is 0 Å². The van der Waals surface area contributed by atoms with Gasteiger partial charge in [-0.15, -0.1) is 0 Å². The van der Waals surface area contributed by atoms with Gasteiger partial charge in [0.25, 0.3) is 5.69 Å². The highest BCUT2D eigenvalue weighted by atomic mass is 79.9. The fraction of sp³-hybridized carbons (Fsp3) is 0.333. The molecule has 0 N–H and O–H groups in total. The van der Waals surface area contributed by atoms with Crippen molar-refractivity contribution < 1.29 is 14.0 Å². The van der Waals surface area contributed by atoms with E-state index in [-0.39, 0.29) is 17.6 Å². The Morgan fingerprint density at radius 2 is 2.19 bits per heavy atom. The van der Waals surface area contributed by atoms with Crippen LogP contribution in [0.15, 0.2) is 16.6 Å². The average molecular weight is 308 g/mol. The van der Waals surface area contributed by atoms with E-state index in [1.807, 2.05) is 0 Å². The molecular weight excluding hydrogens is 297 g/mol. The Morgan fingerprint density at radius 1 is 1.56 bits per heavy atom. The number of hydrogen-bond donors (Lipinski definition) is 0. The lowest BCUT2D eigenvalue weighted by Gasteiger charge is -2.06. The fourth-order valence-electron chi connectivity index (χ4n) is 1.19. The maximum atomic E-state index is 11.7. The maximum absolute atomic E-state index is 11.7. The van der Waals surface area contributed by atoms with Gasteiger partial charge in [-0.05, 0) is 25.5 Å². The molecule has 1 aromatic carbocycles. The van der Waals surface area contributed by atoms with Gasteiger partial charge >= 0.3 is 0 Å². The second-order valence-electron chi connectivity index (χ2n) is 3.10. The topological polar surface area (TPSA) is 69.4 Å². The molecule has 0 bridgehead atoms. The summed E-state index contributed by atoms with van der Waals surface area (Å²) in [5.41, 5.74) is 0.569. The molecular formula is C9H11BrNO4P. The van der Waals surface area contributed by atoms with Gasteiger partial charge < -0.3 is 4.52 Å². The molecule has 0 aromatic heterocycles. The van der Waals surface area contributed by atoms with E-state index < -0.39 is 13.0 Å². The molecule has 0 aliphatic carbocycles. The summed E-state index contributed by atoms with van der Waals surface area (Å²) in [6.45, 7) is 3.69. The van der Waals surface area contributed by atoms with Crippen molar-refractivity contribution in [2.75, 3.05) is 6.61 Å². The molecule has 1 aromatic rings. The van der Waals surface area contributed by atoms with Gasteiger partial charge in [-0.25, -0.2) is 0 Å². The van der Waals surface area contributed by atoms with E-state index in [1.54, 1.807) is 13.8 Å². The molecule has 0 amide bonds. The molecule has 1 atom stereocenters. The van der Waals surface area contributed by atoms with Crippen LogP contribution in [-0.4, -0.2) is 11.5 Å². The zero-order valence-electron chi connectivity index (χ0n) is 8.82. The standard InChI is InChI=1S/C9H11BrNO4P/c1-3-15-16(14)9-5-7(10)6(2)4-8(9)11(12)13/h4-5,16H,3H2,1-2H3. The molecule has 0 aliphatic rings. The molecule has 5 nitrogen and oxygen atoms in total. The lowest BCUT2D eigenvalue weighted by molar-refractivity contribution is -0.383. The zero-order chi connectivity index (χ0) is 12.3. The van der Waals surface area contributed by atoms with E-state index in [2.05, 4.69) is 15.9 Å². The number of hydrogen-bond acceptors (Lipinski definition) is 4. The largest absolute Gasteiger partial charge is 0.327 e. The third kappa shape index (κ3) is 2.90. The lowest BCUT2D eigenvalue weighted by atomic mass is 10.2. The minimum absolute atomic E-state index is 0.148. The molecule has 1 unspecified atom stereocenters. The SMILES string of the molecule is CCO[PH](=O)c1cc(Br)c(C)cc1[N+](=O)[O-]. The Bertz CT molecular complexity index is 449. The fourth-order valence-corrected chi connectivity index (χ4v) is 2.80. The summed E-state index contributed by atoms with van der Waals surface area (Å²) < 4.78 is 17.3. The molecule has 0 aliphatic heterocycles. The van der Waals surface area contributed by atoms with Crippen molar-refractivity contribution in [3.8, 4) is 0 Å². The summed E-state index contributed by atoms with van der Waals surface area (Å²) in [6, 6.07) is 2.88. The predicted octanol–water partition coefficient (Wildman–Crippen LogP) is 2.80. The van der Waals surface area contributed by atoms with Crippen LogP contribution in [0.1, 0.15) is 12.5 Å². The van der Waals surface area contributed by atoms with E-state index in [1.165, 1.54) is 12.1 Å². The monoisotopic (exact) mass is 307 g/mol. The molecule has 88 valence electrons. The first-order chi connectivity index (χ1) is 7.47. The highest BCUT2D eigenvalue weighted by Crippen LogP contribution is 2.30. The van der Waals surface area contributed by atoms with Crippen LogP contribution in [0, 0.1) is 17.0 Å². The van der Waals surface area contributed by atoms with Crippen molar-refractivity contribution in [1.29, 1.82) is 0 Å². The molecule has 1 rings (SSSR count). The van der Waals surface area contributed by atoms with E-state index in [0.29, 0.717) is 4.47 Å². The molecule has 0 spiro atoms. The van der Waals surface area contributed by atoms with Crippen molar-refractivity contribution >= 4 is 34.9 Å². The lowest BCUT2D eigenvalue weighted by Crippen LogP contribution is -2.07. The smallest absolute Gasteiger partial charge is 0.282 e. The minimum atomic E-state index is -2.55. The predicted molar refractivity (Wildman–Crippen MR) is 65.8 cm³/mol. The Kier molecular flexibility index (Phi) is 4.65. The quantitative estimate of drug-likeness (QED) is 0.487. The minimum Gasteiger partial charge on any atom is -0.327 e. The first-order valence-corrected chi connectivity index (χ1v) is 6.70. The van der Waals surface area contributed by atoms with Crippen LogP contribution in [0.2, 0.25) is 0 Å². The van der Waals surface area contributed by atoms with Crippen LogP contribution in [0.3, 0.4) is 0 Å². The number of halogens is 1. The summed E-state index contributed by atoms with van der Waals surface area (Å²) in [6.07, 6.45) is 0. The number of aryl methyl sites for hydroxylation is 1. The summed E-state index contributed by atoms with van der Waals surface area (Å²) in [5.74, 6) is 0. The van der Waals surface area contributed by atoms with E-state index in [9.17, 15) is 14.7 Å². The third-order valence-electron chi connectivity index (χ3n) is 1.97. The first kappa shape index (κ1) is 13.4. The Morgan fingerprint density at radius 3 is 2.69 bits per heavy atom. The summed E-state index contributed by atoms with van der Waals surface area (Å²) in [7, 11) is -2.55. The Balaban J connectivity index is 3.30. The highest BCUT2D eigenvalue weighted by molar-refractivity contribution is 9.10. The molecule has 0 heterocycles. The number of rotatable bonds is 4. The van der Waals surface area contributed by atoms with Crippen molar-refractivity contribution in [3.63, 3.8) is 0 Å². The van der Waals surface area contributed by atoms with Gasteiger partial charge in [0.1, 0.15) is 5.30 Å². The van der Waals surface area contributed by atoms with Gasteiger partial charge in [0.05, 0.1) is 11.5 Å². The van der Waals surface area contributed by atoms with Crippen LogP contribution in [0.5, 0.6) is 0 Å². The Labute approximate surface area is 102 Å². The highest BCUT2D eigenvalue weighted by Gasteiger charge is 2.20. The van der Waals surface area contributed by atoms with Gasteiger partial charge in [0, 0.05) is 10.5 Å². The van der Waals surface area contributed by atoms with Gasteiger partial charge in [0.15, 0.2) is 0 Å².